The van der Waals surface area contributed by atoms with Crippen LogP contribution in [0.25, 0.3) is 0 Å². The normalized spacial score (nSPS) is 14.1. The van der Waals surface area contributed by atoms with E-state index in [4.69, 9.17) is 9.47 Å². The van der Waals surface area contributed by atoms with E-state index < -0.39 is 11.0 Å². The van der Waals surface area contributed by atoms with Gasteiger partial charge in [-0.3, -0.25) is 19.7 Å². The first-order valence-corrected chi connectivity index (χ1v) is 13.6. The van der Waals surface area contributed by atoms with Crippen molar-refractivity contribution in [3.8, 4) is 11.5 Å². The van der Waals surface area contributed by atoms with Crippen molar-refractivity contribution in [2.24, 2.45) is 0 Å². The van der Waals surface area contributed by atoms with Gasteiger partial charge in [0.1, 0.15) is 11.8 Å². The van der Waals surface area contributed by atoms with E-state index in [0.717, 1.165) is 36.8 Å². The highest BCUT2D eigenvalue weighted by molar-refractivity contribution is 5.88. The number of amides is 2. The zero-order chi connectivity index (χ0) is 28.3. The Morgan fingerprint density at radius 1 is 0.975 bits per heavy atom. The number of carbonyl (C=O) groups excluding carboxylic acids is 2. The van der Waals surface area contributed by atoms with Gasteiger partial charge in [-0.15, -0.1) is 0 Å². The topological polar surface area (TPSA) is 111 Å². The van der Waals surface area contributed by atoms with E-state index in [-0.39, 0.29) is 48.2 Å². The van der Waals surface area contributed by atoms with E-state index >= 15 is 0 Å². The van der Waals surface area contributed by atoms with E-state index in [0.29, 0.717) is 6.42 Å². The molecule has 210 valence electrons. The predicted molar refractivity (Wildman–Crippen MR) is 151 cm³/mol. The third-order valence-electron chi connectivity index (χ3n) is 7.13. The highest BCUT2D eigenvalue weighted by atomic mass is 16.6. The predicted octanol–water partition coefficient (Wildman–Crippen LogP) is 5.07. The lowest BCUT2D eigenvalue weighted by Gasteiger charge is -2.33. The van der Waals surface area contributed by atoms with Gasteiger partial charge >= 0.3 is 5.69 Å². The molecule has 0 saturated heterocycles. The second kappa shape index (κ2) is 14.1. The Bertz CT molecular complexity index is 1280. The van der Waals surface area contributed by atoms with Crippen LogP contribution in [0, 0.1) is 10.1 Å². The summed E-state index contributed by atoms with van der Waals surface area (Å²) < 4.78 is 10.9. The molecule has 3 aromatic carbocycles. The van der Waals surface area contributed by atoms with E-state index in [9.17, 15) is 19.7 Å². The van der Waals surface area contributed by atoms with Crippen molar-refractivity contribution in [1.29, 1.82) is 0 Å². The maximum atomic E-state index is 13.8. The van der Waals surface area contributed by atoms with Crippen LogP contribution in [0.3, 0.4) is 0 Å². The van der Waals surface area contributed by atoms with Crippen LogP contribution in [0.2, 0.25) is 0 Å². The minimum atomic E-state index is -0.757. The van der Waals surface area contributed by atoms with Crippen LogP contribution in [0.4, 0.5) is 5.69 Å². The molecular formula is C31H35N3O6. The zero-order valence-electron chi connectivity index (χ0n) is 22.7. The number of nitrogens with one attached hydrogen (secondary N) is 1. The molecule has 1 aliphatic rings. The van der Waals surface area contributed by atoms with E-state index in [2.05, 4.69) is 5.32 Å². The lowest BCUT2D eigenvalue weighted by molar-refractivity contribution is -0.385. The number of hydrogen-bond donors (Lipinski definition) is 1. The van der Waals surface area contributed by atoms with Gasteiger partial charge in [0.2, 0.25) is 11.7 Å². The number of nitro benzene ring substituents is 1. The van der Waals surface area contributed by atoms with Crippen LogP contribution in [0.1, 0.15) is 43.2 Å². The van der Waals surface area contributed by atoms with Crippen molar-refractivity contribution in [1.82, 2.24) is 10.2 Å². The molecule has 0 spiro atoms. The molecule has 0 heterocycles. The molecule has 2 amide bonds. The second-order valence-corrected chi connectivity index (χ2v) is 9.94. The van der Waals surface area contributed by atoms with Crippen LogP contribution in [-0.4, -0.2) is 47.4 Å². The fraction of sp³-hybridized carbons (Fsp3) is 0.355. The summed E-state index contributed by atoms with van der Waals surface area (Å²) in [5.74, 6) is -0.274. The molecule has 0 aromatic heterocycles. The first kappa shape index (κ1) is 28.6. The van der Waals surface area contributed by atoms with E-state index in [1.165, 1.54) is 31.7 Å². The van der Waals surface area contributed by atoms with E-state index in [1.807, 2.05) is 60.7 Å². The Kier molecular flexibility index (Phi) is 10.1. The van der Waals surface area contributed by atoms with Crippen LogP contribution >= 0.6 is 0 Å². The Morgan fingerprint density at radius 2 is 1.62 bits per heavy atom. The molecule has 1 saturated carbocycles. The Labute approximate surface area is 234 Å². The quantitative estimate of drug-likeness (QED) is 0.251. The molecular weight excluding hydrogens is 510 g/mol. The third-order valence-corrected chi connectivity index (χ3v) is 7.13. The minimum absolute atomic E-state index is 0.0323. The number of nitrogens with zero attached hydrogens (tertiary/aromatic N) is 2. The van der Waals surface area contributed by atoms with Crippen molar-refractivity contribution in [2.45, 2.75) is 57.2 Å². The van der Waals surface area contributed by atoms with Gasteiger partial charge < -0.3 is 19.7 Å². The summed E-state index contributed by atoms with van der Waals surface area (Å²) in [6.45, 7) is -0.127. The second-order valence-electron chi connectivity index (χ2n) is 9.94. The van der Waals surface area contributed by atoms with Gasteiger partial charge in [0.05, 0.1) is 12.0 Å². The standard InChI is InChI=1S/C31H35N3O6/c1-39-29-20-26(17-18-27(29)34(37)38)40-22-30(35)33(21-24-13-7-3-8-14-24)28(19-23-11-5-2-6-12-23)31(36)32-25-15-9-4-10-16-25/h2-3,5-8,11-14,17-18,20,25,28H,4,9-10,15-16,19,21-22H2,1H3,(H,32,36)/t28-/m1/s1. The number of benzene rings is 3. The Hall–Kier alpha value is -4.40. The summed E-state index contributed by atoms with van der Waals surface area (Å²) >= 11 is 0. The molecule has 1 aliphatic carbocycles. The average molecular weight is 546 g/mol. The van der Waals surface area contributed by atoms with Crippen molar-refractivity contribution in [2.75, 3.05) is 13.7 Å². The molecule has 1 N–H and O–H groups in total. The zero-order valence-corrected chi connectivity index (χ0v) is 22.7. The lowest BCUT2D eigenvalue weighted by Crippen LogP contribution is -2.53. The Morgan fingerprint density at radius 3 is 2.25 bits per heavy atom. The number of methoxy groups -OCH3 is 1. The minimum Gasteiger partial charge on any atom is -0.490 e. The monoisotopic (exact) mass is 545 g/mol. The molecule has 1 atom stereocenters. The van der Waals surface area contributed by atoms with Gasteiger partial charge in [0.25, 0.3) is 5.91 Å². The molecule has 9 heteroatoms. The number of nitro groups is 1. The van der Waals surface area contributed by atoms with E-state index in [1.54, 1.807) is 4.90 Å². The molecule has 0 unspecified atom stereocenters. The summed E-state index contributed by atoms with van der Waals surface area (Å²) in [7, 11) is 1.33. The van der Waals surface area contributed by atoms with Crippen molar-refractivity contribution < 1.29 is 24.0 Å². The molecule has 0 aliphatic heterocycles. The first-order chi connectivity index (χ1) is 19.4. The summed E-state index contributed by atoms with van der Waals surface area (Å²) in [4.78, 5) is 39.8. The van der Waals surface area contributed by atoms with Crippen molar-refractivity contribution in [3.05, 3.63) is 100 Å². The average Bonchev–Trinajstić information content (AvgIpc) is 2.99. The molecule has 40 heavy (non-hydrogen) atoms. The molecule has 3 aromatic rings. The van der Waals surface area contributed by atoms with Crippen LogP contribution in [0.15, 0.2) is 78.9 Å². The van der Waals surface area contributed by atoms with Gasteiger partial charge in [0, 0.05) is 31.1 Å². The Balaban J connectivity index is 1.59. The SMILES string of the molecule is COc1cc(OCC(=O)N(Cc2ccccc2)[C@H](Cc2ccccc2)C(=O)NC2CCCCC2)ccc1[N+](=O)[O-]. The third kappa shape index (κ3) is 7.81. The summed E-state index contributed by atoms with van der Waals surface area (Å²) in [5, 5.41) is 14.5. The highest BCUT2D eigenvalue weighted by Gasteiger charge is 2.32. The van der Waals surface area contributed by atoms with Gasteiger partial charge in [-0.2, -0.15) is 0 Å². The van der Waals surface area contributed by atoms with Crippen LogP contribution < -0.4 is 14.8 Å². The maximum Gasteiger partial charge on any atom is 0.311 e. The van der Waals surface area contributed by atoms with Gasteiger partial charge in [-0.05, 0) is 30.0 Å². The molecule has 4 rings (SSSR count). The van der Waals surface area contributed by atoms with Crippen molar-refractivity contribution >= 4 is 17.5 Å². The summed E-state index contributed by atoms with van der Waals surface area (Å²) in [6.07, 6.45) is 5.54. The number of hydrogen-bond acceptors (Lipinski definition) is 6. The summed E-state index contributed by atoms with van der Waals surface area (Å²) in [6, 6.07) is 22.6. The molecule has 0 bridgehead atoms. The maximum absolute atomic E-state index is 13.8. The van der Waals surface area contributed by atoms with Gasteiger partial charge in [0.15, 0.2) is 6.61 Å². The number of ether oxygens (including phenoxy) is 2. The summed E-state index contributed by atoms with van der Waals surface area (Å²) in [5.41, 5.74) is 1.63. The molecule has 1 fully saturated rings. The number of carbonyl (C=O) groups is 2. The lowest BCUT2D eigenvalue weighted by atomic mass is 9.94. The van der Waals surface area contributed by atoms with Gasteiger partial charge in [-0.25, -0.2) is 0 Å². The molecule has 9 nitrogen and oxygen atoms in total. The van der Waals surface area contributed by atoms with Crippen molar-refractivity contribution in [3.63, 3.8) is 0 Å². The smallest absolute Gasteiger partial charge is 0.311 e. The van der Waals surface area contributed by atoms with Gasteiger partial charge in [-0.1, -0.05) is 79.9 Å². The molecule has 0 radical (unpaired) electrons. The highest BCUT2D eigenvalue weighted by Crippen LogP contribution is 2.31. The van der Waals surface area contributed by atoms with Crippen LogP contribution in [0.5, 0.6) is 11.5 Å². The first-order valence-electron chi connectivity index (χ1n) is 13.6. The van der Waals surface area contributed by atoms with Crippen LogP contribution in [-0.2, 0) is 22.6 Å². The fourth-order valence-corrected chi connectivity index (χ4v) is 5.00. The number of rotatable bonds is 12. The fourth-order valence-electron chi connectivity index (χ4n) is 5.00. The largest absolute Gasteiger partial charge is 0.490 e.